The summed E-state index contributed by atoms with van der Waals surface area (Å²) >= 11 is 6.38. The highest BCUT2D eigenvalue weighted by molar-refractivity contribution is 9.10. The van der Waals surface area contributed by atoms with E-state index in [0.717, 1.165) is 4.47 Å². The van der Waals surface area contributed by atoms with Crippen molar-refractivity contribution in [3.63, 3.8) is 0 Å². The third kappa shape index (κ3) is 3.04. The van der Waals surface area contributed by atoms with Crippen LogP contribution in [0, 0.1) is 5.82 Å². The van der Waals surface area contributed by atoms with Gasteiger partial charge in [-0.2, -0.15) is 0 Å². The van der Waals surface area contributed by atoms with E-state index in [4.69, 9.17) is 4.74 Å². The first-order valence-corrected chi connectivity index (χ1v) is 6.95. The Morgan fingerprint density at radius 2 is 1.95 bits per heavy atom. The summed E-state index contributed by atoms with van der Waals surface area (Å²) in [5.74, 6) is -0.479. The first-order valence-electron chi connectivity index (χ1n) is 5.36. The lowest BCUT2D eigenvalue weighted by Gasteiger charge is -2.09. The molecule has 5 heteroatoms. The van der Waals surface area contributed by atoms with Crippen molar-refractivity contribution in [3.05, 3.63) is 62.3 Å². The monoisotopic (exact) mass is 386 g/mol. The van der Waals surface area contributed by atoms with Crippen molar-refractivity contribution in [1.29, 1.82) is 0 Å². The van der Waals surface area contributed by atoms with E-state index in [-0.39, 0.29) is 16.0 Å². The van der Waals surface area contributed by atoms with Crippen molar-refractivity contribution in [2.75, 3.05) is 7.11 Å². The van der Waals surface area contributed by atoms with E-state index in [2.05, 4.69) is 31.9 Å². The Labute approximate surface area is 126 Å². The second-order valence-corrected chi connectivity index (χ2v) is 5.58. The second kappa shape index (κ2) is 5.84. The molecule has 0 atom stereocenters. The van der Waals surface area contributed by atoms with Crippen LogP contribution < -0.4 is 4.74 Å². The predicted octanol–water partition coefficient (Wildman–Crippen LogP) is 4.59. The zero-order valence-electron chi connectivity index (χ0n) is 9.91. The van der Waals surface area contributed by atoms with Crippen molar-refractivity contribution < 1.29 is 13.9 Å². The highest BCUT2D eigenvalue weighted by Gasteiger charge is 2.17. The highest BCUT2D eigenvalue weighted by Crippen LogP contribution is 2.28. The summed E-state index contributed by atoms with van der Waals surface area (Å²) in [6.45, 7) is 0. The largest absolute Gasteiger partial charge is 0.496 e. The summed E-state index contributed by atoms with van der Waals surface area (Å²) in [6, 6.07) is 9.62. The number of carbonyl (C=O) groups is 1. The molecule has 0 spiro atoms. The van der Waals surface area contributed by atoms with Crippen LogP contribution in [0.4, 0.5) is 4.39 Å². The Morgan fingerprint density at radius 1 is 1.21 bits per heavy atom. The van der Waals surface area contributed by atoms with Crippen molar-refractivity contribution in [1.82, 2.24) is 0 Å². The van der Waals surface area contributed by atoms with Gasteiger partial charge in [0.1, 0.15) is 11.6 Å². The number of carbonyl (C=O) groups excluding carboxylic acids is 1. The van der Waals surface area contributed by atoms with Crippen molar-refractivity contribution in [2.45, 2.75) is 0 Å². The number of hydrogen-bond acceptors (Lipinski definition) is 2. The molecule has 2 rings (SSSR count). The smallest absolute Gasteiger partial charge is 0.196 e. The first-order chi connectivity index (χ1) is 9.02. The van der Waals surface area contributed by atoms with Gasteiger partial charge in [-0.25, -0.2) is 4.39 Å². The van der Waals surface area contributed by atoms with Crippen LogP contribution in [-0.2, 0) is 0 Å². The molecule has 2 aromatic carbocycles. The van der Waals surface area contributed by atoms with Crippen LogP contribution in [0.25, 0.3) is 0 Å². The van der Waals surface area contributed by atoms with Gasteiger partial charge in [-0.1, -0.05) is 28.1 Å². The zero-order chi connectivity index (χ0) is 14.0. The van der Waals surface area contributed by atoms with Crippen LogP contribution >= 0.6 is 31.9 Å². The predicted molar refractivity (Wildman–Crippen MR) is 78.2 cm³/mol. The minimum absolute atomic E-state index is 0.214. The van der Waals surface area contributed by atoms with Crippen LogP contribution in [0.3, 0.4) is 0 Å². The Bertz CT molecular complexity index is 641. The molecule has 98 valence electrons. The number of hydrogen-bond donors (Lipinski definition) is 0. The average Bonchev–Trinajstić information content (AvgIpc) is 2.40. The molecule has 0 aliphatic heterocycles. The van der Waals surface area contributed by atoms with Gasteiger partial charge in [0.15, 0.2) is 5.78 Å². The van der Waals surface area contributed by atoms with Gasteiger partial charge >= 0.3 is 0 Å². The first kappa shape index (κ1) is 14.2. The third-order valence-corrected chi connectivity index (χ3v) is 3.67. The van der Waals surface area contributed by atoms with E-state index in [9.17, 15) is 9.18 Å². The van der Waals surface area contributed by atoms with E-state index in [0.29, 0.717) is 11.1 Å². The summed E-state index contributed by atoms with van der Waals surface area (Å²) in [5, 5.41) is 0. The molecular formula is C14H9Br2FO2. The summed E-state index contributed by atoms with van der Waals surface area (Å²) in [6.07, 6.45) is 0. The third-order valence-electron chi connectivity index (χ3n) is 2.57. The SMILES string of the molecule is COc1cc(F)c(Br)cc1C(=O)c1cccc(Br)c1. The number of ether oxygens (including phenoxy) is 1. The fourth-order valence-corrected chi connectivity index (χ4v) is 2.40. The number of halogens is 3. The van der Waals surface area contributed by atoms with E-state index in [1.165, 1.54) is 19.2 Å². The quantitative estimate of drug-likeness (QED) is 0.720. The standard InChI is InChI=1S/C14H9Br2FO2/c1-19-13-7-12(17)11(16)6-10(13)14(18)8-3-2-4-9(15)5-8/h2-7H,1H3. The van der Waals surface area contributed by atoms with Crippen LogP contribution in [0.15, 0.2) is 45.3 Å². The van der Waals surface area contributed by atoms with Gasteiger partial charge in [0.2, 0.25) is 0 Å². The molecule has 0 aliphatic carbocycles. The molecule has 0 unspecified atom stereocenters. The minimum atomic E-state index is -0.470. The van der Waals surface area contributed by atoms with Gasteiger partial charge in [0.05, 0.1) is 17.1 Å². The van der Waals surface area contributed by atoms with Gasteiger partial charge in [-0.3, -0.25) is 4.79 Å². The molecule has 0 aliphatic rings. The van der Waals surface area contributed by atoms with Gasteiger partial charge in [0, 0.05) is 16.1 Å². The van der Waals surface area contributed by atoms with Crippen molar-refractivity contribution >= 4 is 37.6 Å². The minimum Gasteiger partial charge on any atom is -0.496 e. The molecule has 0 N–H and O–H groups in total. The lowest BCUT2D eigenvalue weighted by molar-refractivity contribution is 0.103. The molecular weight excluding hydrogens is 379 g/mol. The molecule has 0 saturated heterocycles. The summed E-state index contributed by atoms with van der Waals surface area (Å²) < 4.78 is 19.5. The van der Waals surface area contributed by atoms with E-state index < -0.39 is 5.82 Å². The molecule has 2 aromatic rings. The molecule has 0 heterocycles. The van der Waals surface area contributed by atoms with Crippen molar-refractivity contribution in [2.24, 2.45) is 0 Å². The Kier molecular flexibility index (Phi) is 4.37. The molecule has 0 aromatic heterocycles. The fraction of sp³-hybridized carbons (Fsp3) is 0.0714. The molecule has 19 heavy (non-hydrogen) atoms. The number of rotatable bonds is 3. The van der Waals surface area contributed by atoms with Gasteiger partial charge in [-0.15, -0.1) is 0 Å². The van der Waals surface area contributed by atoms with E-state index in [1.807, 2.05) is 6.07 Å². The lowest BCUT2D eigenvalue weighted by atomic mass is 10.0. The van der Waals surface area contributed by atoms with Gasteiger partial charge < -0.3 is 4.74 Å². The molecule has 0 bridgehead atoms. The average molecular weight is 388 g/mol. The normalized spacial score (nSPS) is 10.3. The van der Waals surface area contributed by atoms with E-state index in [1.54, 1.807) is 18.2 Å². The molecule has 0 radical (unpaired) electrons. The molecule has 0 fully saturated rings. The maximum absolute atomic E-state index is 13.4. The Hall–Kier alpha value is -1.20. The van der Waals surface area contributed by atoms with Crippen LogP contribution in [0.2, 0.25) is 0 Å². The van der Waals surface area contributed by atoms with Gasteiger partial charge in [-0.05, 0) is 34.1 Å². The Morgan fingerprint density at radius 3 is 2.58 bits per heavy atom. The fourth-order valence-electron chi connectivity index (χ4n) is 1.66. The van der Waals surface area contributed by atoms with E-state index >= 15 is 0 Å². The number of benzene rings is 2. The zero-order valence-corrected chi connectivity index (χ0v) is 13.1. The molecule has 2 nitrogen and oxygen atoms in total. The van der Waals surface area contributed by atoms with Gasteiger partial charge in [0.25, 0.3) is 0 Å². The summed E-state index contributed by atoms with van der Waals surface area (Å²) in [4.78, 5) is 12.4. The maximum Gasteiger partial charge on any atom is 0.196 e. The van der Waals surface area contributed by atoms with Crippen molar-refractivity contribution in [3.8, 4) is 5.75 Å². The van der Waals surface area contributed by atoms with Crippen LogP contribution in [-0.4, -0.2) is 12.9 Å². The second-order valence-electron chi connectivity index (χ2n) is 3.81. The van der Waals surface area contributed by atoms with Crippen LogP contribution in [0.5, 0.6) is 5.75 Å². The molecule has 0 saturated carbocycles. The van der Waals surface area contributed by atoms with Crippen LogP contribution in [0.1, 0.15) is 15.9 Å². The summed E-state index contributed by atoms with van der Waals surface area (Å²) in [5.41, 5.74) is 0.819. The lowest BCUT2D eigenvalue weighted by Crippen LogP contribution is -2.05. The topological polar surface area (TPSA) is 26.3 Å². The Balaban J connectivity index is 2.52. The highest BCUT2D eigenvalue weighted by atomic mass is 79.9. The number of methoxy groups -OCH3 is 1. The number of ketones is 1. The molecule has 0 amide bonds. The maximum atomic E-state index is 13.4. The summed E-state index contributed by atoms with van der Waals surface area (Å²) in [7, 11) is 1.40.